The van der Waals surface area contributed by atoms with Crippen LogP contribution in [0.5, 0.6) is 5.75 Å². The highest BCUT2D eigenvalue weighted by molar-refractivity contribution is 7.14. The molecule has 8 nitrogen and oxygen atoms in total. The Hall–Kier alpha value is -3.46. The van der Waals surface area contributed by atoms with Crippen molar-refractivity contribution in [3.8, 4) is 17.0 Å². The highest BCUT2D eigenvalue weighted by atomic mass is 32.1. The monoisotopic (exact) mass is 437 g/mol. The number of aryl methyl sites for hydroxylation is 4. The first-order valence-electron chi connectivity index (χ1n) is 9.89. The van der Waals surface area contributed by atoms with E-state index in [1.54, 1.807) is 13.1 Å². The van der Waals surface area contributed by atoms with Gasteiger partial charge in [-0.3, -0.25) is 14.8 Å². The van der Waals surface area contributed by atoms with Gasteiger partial charge in [0, 0.05) is 23.7 Å². The second-order valence-corrected chi connectivity index (χ2v) is 8.04. The molecule has 0 bridgehead atoms. The summed E-state index contributed by atoms with van der Waals surface area (Å²) < 4.78 is 13.0. The van der Waals surface area contributed by atoms with Gasteiger partial charge in [0.05, 0.1) is 17.5 Å². The van der Waals surface area contributed by atoms with E-state index in [0.29, 0.717) is 16.5 Å². The third kappa shape index (κ3) is 4.51. The van der Waals surface area contributed by atoms with Crippen molar-refractivity contribution in [3.63, 3.8) is 0 Å². The van der Waals surface area contributed by atoms with Crippen molar-refractivity contribution in [3.05, 3.63) is 64.1 Å². The van der Waals surface area contributed by atoms with Crippen molar-refractivity contribution >= 4 is 22.4 Å². The molecule has 31 heavy (non-hydrogen) atoms. The molecule has 0 aliphatic rings. The third-order valence-corrected chi connectivity index (χ3v) is 5.80. The molecule has 1 amide bonds. The Morgan fingerprint density at radius 1 is 1.26 bits per heavy atom. The van der Waals surface area contributed by atoms with Gasteiger partial charge in [0.2, 0.25) is 0 Å². The lowest BCUT2D eigenvalue weighted by atomic mass is 10.1. The fourth-order valence-electron chi connectivity index (χ4n) is 2.99. The summed E-state index contributed by atoms with van der Waals surface area (Å²) in [6.45, 7) is 8.82. The normalized spacial score (nSPS) is 11.0. The molecule has 3 heterocycles. The van der Waals surface area contributed by atoms with Crippen LogP contribution < -0.4 is 10.1 Å². The number of nitrogens with one attached hydrogen (secondary N) is 1. The molecule has 1 N–H and O–H groups in total. The van der Waals surface area contributed by atoms with Crippen LogP contribution in [0.25, 0.3) is 11.3 Å². The number of ether oxygens (including phenoxy) is 1. The maximum Gasteiger partial charge on any atom is 0.280 e. The summed E-state index contributed by atoms with van der Waals surface area (Å²) in [6, 6.07) is 5.88. The van der Waals surface area contributed by atoms with Crippen LogP contribution in [0.3, 0.4) is 0 Å². The van der Waals surface area contributed by atoms with Crippen molar-refractivity contribution in [1.82, 2.24) is 19.9 Å². The standard InChI is InChI=1S/C22H23N5O3S/c1-5-27-10-16(9-23-27)19-12-31-22(24-19)25-21(28)20-18(15(4)30-26-20)11-29-17-7-6-13(2)14(3)8-17/h6-10,12H,5,11H2,1-4H3,(H,24,25,28). The molecule has 4 aromatic rings. The van der Waals surface area contributed by atoms with Crippen LogP contribution in [0, 0.1) is 20.8 Å². The Balaban J connectivity index is 1.46. The molecular formula is C22H23N5O3S. The average molecular weight is 438 g/mol. The topological polar surface area (TPSA) is 95.1 Å². The summed E-state index contributed by atoms with van der Waals surface area (Å²) in [5.41, 5.74) is 4.79. The molecule has 0 radical (unpaired) electrons. The van der Waals surface area contributed by atoms with Crippen LogP contribution in [0.4, 0.5) is 5.13 Å². The molecule has 0 spiro atoms. The number of carbonyl (C=O) groups excluding carboxylic acids is 1. The van der Waals surface area contributed by atoms with Gasteiger partial charge in [-0.05, 0) is 51.0 Å². The largest absolute Gasteiger partial charge is 0.489 e. The van der Waals surface area contributed by atoms with Gasteiger partial charge < -0.3 is 9.26 Å². The fraction of sp³-hybridized carbons (Fsp3) is 0.273. The van der Waals surface area contributed by atoms with Crippen molar-refractivity contribution in [2.24, 2.45) is 0 Å². The van der Waals surface area contributed by atoms with E-state index in [0.717, 1.165) is 29.1 Å². The molecule has 9 heteroatoms. The average Bonchev–Trinajstić information content (AvgIpc) is 3.48. The predicted octanol–water partition coefficient (Wildman–Crippen LogP) is 4.77. The van der Waals surface area contributed by atoms with Crippen LogP contribution in [-0.2, 0) is 13.2 Å². The van der Waals surface area contributed by atoms with Gasteiger partial charge in [0.1, 0.15) is 18.1 Å². The number of benzene rings is 1. The Kier molecular flexibility index (Phi) is 5.85. The SMILES string of the molecule is CCn1cc(-c2csc(NC(=O)c3noc(C)c3COc3ccc(C)c(C)c3)n2)cn1. The van der Waals surface area contributed by atoms with Crippen LogP contribution in [-0.4, -0.2) is 25.8 Å². The second kappa shape index (κ2) is 8.73. The summed E-state index contributed by atoms with van der Waals surface area (Å²) >= 11 is 1.34. The Labute approximate surface area is 183 Å². The van der Waals surface area contributed by atoms with Gasteiger partial charge in [0.25, 0.3) is 5.91 Å². The molecule has 0 aliphatic heterocycles. The van der Waals surface area contributed by atoms with E-state index in [1.807, 2.05) is 55.2 Å². The summed E-state index contributed by atoms with van der Waals surface area (Å²) in [6.07, 6.45) is 3.68. The number of thiazole rings is 1. The van der Waals surface area contributed by atoms with Crippen molar-refractivity contribution in [2.75, 3.05) is 5.32 Å². The minimum absolute atomic E-state index is 0.180. The van der Waals surface area contributed by atoms with Crippen LogP contribution in [0.2, 0.25) is 0 Å². The number of nitrogens with zero attached hydrogens (tertiary/aromatic N) is 4. The summed E-state index contributed by atoms with van der Waals surface area (Å²) in [5.74, 6) is 0.883. The van der Waals surface area contributed by atoms with E-state index >= 15 is 0 Å². The maximum atomic E-state index is 12.8. The number of rotatable bonds is 7. The number of carbonyl (C=O) groups is 1. The number of amides is 1. The van der Waals surface area contributed by atoms with E-state index in [2.05, 4.69) is 20.6 Å². The highest BCUT2D eigenvalue weighted by Gasteiger charge is 2.22. The molecule has 4 rings (SSSR count). The summed E-state index contributed by atoms with van der Waals surface area (Å²) in [4.78, 5) is 17.3. The lowest BCUT2D eigenvalue weighted by molar-refractivity contribution is 0.101. The molecule has 0 aliphatic carbocycles. The first kappa shape index (κ1) is 20.8. The Morgan fingerprint density at radius 2 is 2.10 bits per heavy atom. The number of hydrogen-bond donors (Lipinski definition) is 1. The van der Waals surface area contributed by atoms with Gasteiger partial charge >= 0.3 is 0 Å². The minimum Gasteiger partial charge on any atom is -0.489 e. The first-order chi connectivity index (χ1) is 14.9. The van der Waals surface area contributed by atoms with Crippen molar-refractivity contribution in [2.45, 2.75) is 40.8 Å². The fourth-order valence-corrected chi connectivity index (χ4v) is 3.70. The van der Waals surface area contributed by atoms with Crippen LogP contribution >= 0.6 is 11.3 Å². The Bertz CT molecular complexity index is 1220. The van der Waals surface area contributed by atoms with Crippen molar-refractivity contribution in [1.29, 1.82) is 0 Å². The zero-order chi connectivity index (χ0) is 22.0. The molecule has 0 saturated heterocycles. The van der Waals surface area contributed by atoms with E-state index in [9.17, 15) is 4.79 Å². The van der Waals surface area contributed by atoms with Gasteiger partial charge in [-0.25, -0.2) is 4.98 Å². The molecule has 0 unspecified atom stereocenters. The van der Waals surface area contributed by atoms with E-state index in [1.165, 1.54) is 16.9 Å². The smallest absolute Gasteiger partial charge is 0.280 e. The quantitative estimate of drug-likeness (QED) is 0.447. The van der Waals surface area contributed by atoms with E-state index in [-0.39, 0.29) is 18.2 Å². The Morgan fingerprint density at radius 3 is 2.84 bits per heavy atom. The maximum absolute atomic E-state index is 12.8. The summed E-state index contributed by atoms with van der Waals surface area (Å²) in [5, 5.41) is 13.3. The molecule has 0 atom stereocenters. The zero-order valence-corrected chi connectivity index (χ0v) is 18.6. The van der Waals surface area contributed by atoms with Crippen LogP contribution in [0.1, 0.15) is 39.9 Å². The number of hydrogen-bond acceptors (Lipinski definition) is 7. The van der Waals surface area contributed by atoms with Gasteiger partial charge in [-0.2, -0.15) is 5.10 Å². The molecule has 3 aromatic heterocycles. The molecule has 0 saturated carbocycles. The predicted molar refractivity (Wildman–Crippen MR) is 118 cm³/mol. The summed E-state index contributed by atoms with van der Waals surface area (Å²) in [7, 11) is 0. The third-order valence-electron chi connectivity index (χ3n) is 5.04. The first-order valence-corrected chi connectivity index (χ1v) is 10.8. The number of anilines is 1. The van der Waals surface area contributed by atoms with E-state index in [4.69, 9.17) is 9.26 Å². The molecule has 0 fully saturated rings. The minimum atomic E-state index is -0.388. The van der Waals surface area contributed by atoms with Gasteiger partial charge in [0.15, 0.2) is 10.8 Å². The highest BCUT2D eigenvalue weighted by Crippen LogP contribution is 2.26. The number of aromatic nitrogens is 4. The van der Waals surface area contributed by atoms with Gasteiger partial charge in [-0.1, -0.05) is 11.2 Å². The van der Waals surface area contributed by atoms with Gasteiger partial charge in [-0.15, -0.1) is 11.3 Å². The lowest BCUT2D eigenvalue weighted by Crippen LogP contribution is -2.15. The lowest BCUT2D eigenvalue weighted by Gasteiger charge is -2.08. The van der Waals surface area contributed by atoms with Crippen LogP contribution in [0.15, 0.2) is 40.5 Å². The molecule has 160 valence electrons. The van der Waals surface area contributed by atoms with E-state index < -0.39 is 0 Å². The zero-order valence-electron chi connectivity index (χ0n) is 17.8. The second-order valence-electron chi connectivity index (χ2n) is 7.18. The van der Waals surface area contributed by atoms with Crippen molar-refractivity contribution < 1.29 is 14.1 Å². The molecule has 1 aromatic carbocycles. The molecular weight excluding hydrogens is 414 g/mol.